The number of anilines is 1. The van der Waals surface area contributed by atoms with Crippen molar-refractivity contribution in [1.29, 1.82) is 0 Å². The average molecular weight is 470 g/mol. The van der Waals surface area contributed by atoms with Crippen molar-refractivity contribution in [2.75, 3.05) is 18.1 Å². The lowest BCUT2D eigenvalue weighted by atomic mass is 10.1. The smallest absolute Gasteiger partial charge is 0.227 e. The van der Waals surface area contributed by atoms with Gasteiger partial charge >= 0.3 is 0 Å². The number of rotatable bonds is 7. The van der Waals surface area contributed by atoms with Crippen molar-refractivity contribution < 1.29 is 14.6 Å². The number of aliphatic hydroxyl groups excluding tert-OH is 1. The third-order valence-electron chi connectivity index (χ3n) is 6.69. The van der Waals surface area contributed by atoms with Crippen LogP contribution < -0.4 is 9.64 Å². The van der Waals surface area contributed by atoms with Crippen molar-refractivity contribution in [3.05, 3.63) is 89.2 Å². The number of carbonyl (C=O) groups excluding carboxylic acids is 1. The summed E-state index contributed by atoms with van der Waals surface area (Å²) in [6.07, 6.45) is -0.330. The first-order valence-electron chi connectivity index (χ1n) is 12.1. The van der Waals surface area contributed by atoms with Crippen LogP contribution in [0, 0.1) is 20.8 Å². The van der Waals surface area contributed by atoms with Crippen molar-refractivity contribution in [1.82, 2.24) is 9.55 Å². The van der Waals surface area contributed by atoms with E-state index in [4.69, 9.17) is 9.72 Å². The minimum atomic E-state index is -0.725. The van der Waals surface area contributed by atoms with E-state index < -0.39 is 6.10 Å². The van der Waals surface area contributed by atoms with Crippen LogP contribution in [-0.4, -0.2) is 39.8 Å². The molecule has 35 heavy (non-hydrogen) atoms. The Morgan fingerprint density at radius 3 is 2.57 bits per heavy atom. The second-order valence-corrected chi connectivity index (χ2v) is 9.54. The molecule has 1 amide bonds. The molecule has 1 aliphatic rings. The fourth-order valence-corrected chi connectivity index (χ4v) is 4.76. The zero-order valence-electron chi connectivity index (χ0n) is 20.4. The highest BCUT2D eigenvalue weighted by Gasteiger charge is 2.35. The Bertz CT molecular complexity index is 1360. The van der Waals surface area contributed by atoms with E-state index in [-0.39, 0.29) is 18.4 Å². The fourth-order valence-electron chi connectivity index (χ4n) is 4.76. The highest BCUT2D eigenvalue weighted by Crippen LogP contribution is 2.33. The lowest BCUT2D eigenvalue weighted by molar-refractivity contribution is -0.117. The Balaban J connectivity index is 1.38. The van der Waals surface area contributed by atoms with Gasteiger partial charge in [0.15, 0.2) is 0 Å². The van der Waals surface area contributed by atoms with Gasteiger partial charge in [0.05, 0.1) is 17.6 Å². The summed E-state index contributed by atoms with van der Waals surface area (Å²) in [4.78, 5) is 19.7. The van der Waals surface area contributed by atoms with Crippen molar-refractivity contribution >= 4 is 22.6 Å². The predicted molar refractivity (Wildman–Crippen MR) is 138 cm³/mol. The third-order valence-corrected chi connectivity index (χ3v) is 6.69. The van der Waals surface area contributed by atoms with Crippen molar-refractivity contribution in [2.45, 2.75) is 45.8 Å². The zero-order chi connectivity index (χ0) is 24.5. The molecule has 4 aromatic rings. The van der Waals surface area contributed by atoms with Gasteiger partial charge in [0.25, 0.3) is 0 Å². The Hall–Kier alpha value is -3.64. The monoisotopic (exact) mass is 469 g/mol. The molecule has 0 bridgehead atoms. The Kier molecular flexibility index (Phi) is 6.31. The lowest BCUT2D eigenvalue weighted by Crippen LogP contribution is -2.26. The third kappa shape index (κ3) is 4.80. The molecule has 0 saturated carbocycles. The number of amides is 1. The number of hydrogen-bond donors (Lipinski definition) is 1. The number of aromatic nitrogens is 2. The predicted octanol–water partition coefficient (Wildman–Crippen LogP) is 4.92. The van der Waals surface area contributed by atoms with Crippen molar-refractivity contribution in [2.24, 2.45) is 0 Å². The van der Waals surface area contributed by atoms with Gasteiger partial charge in [0.2, 0.25) is 5.91 Å². The van der Waals surface area contributed by atoms with Gasteiger partial charge in [0.1, 0.15) is 24.3 Å². The van der Waals surface area contributed by atoms with E-state index in [1.54, 1.807) is 0 Å². The fraction of sp³-hybridized carbons (Fsp3) is 0.310. The number of carbonyl (C=O) groups is 1. The normalized spacial score (nSPS) is 16.7. The van der Waals surface area contributed by atoms with Crippen LogP contribution in [0.1, 0.15) is 34.9 Å². The number of fused-ring (bicyclic) bond motifs is 1. The van der Waals surface area contributed by atoms with E-state index in [0.29, 0.717) is 19.5 Å². The van der Waals surface area contributed by atoms with Gasteiger partial charge in [-0.15, -0.1) is 0 Å². The van der Waals surface area contributed by atoms with Crippen LogP contribution in [0.15, 0.2) is 66.7 Å². The first kappa shape index (κ1) is 23.1. The minimum absolute atomic E-state index is 0.0525. The first-order chi connectivity index (χ1) is 16.9. The molecule has 0 spiro atoms. The molecule has 2 heterocycles. The molecule has 180 valence electrons. The lowest BCUT2D eigenvalue weighted by Gasteiger charge is -2.19. The number of hydrogen-bond acceptors (Lipinski definition) is 4. The zero-order valence-corrected chi connectivity index (χ0v) is 20.4. The van der Waals surface area contributed by atoms with Gasteiger partial charge < -0.3 is 19.3 Å². The summed E-state index contributed by atoms with van der Waals surface area (Å²) in [5, 5.41) is 10.9. The van der Waals surface area contributed by atoms with Crippen molar-refractivity contribution in [3.63, 3.8) is 0 Å². The number of imidazole rings is 1. The molecule has 1 fully saturated rings. The molecule has 1 N–H and O–H groups in total. The van der Waals surface area contributed by atoms with Crippen molar-refractivity contribution in [3.8, 4) is 5.75 Å². The standard InChI is InChI=1S/C29H31N3O3/c1-19-9-12-23(13-10-19)31-16-22(15-28(31)34)29-30-25-6-4-5-7-26(25)32(29)17-24(33)18-35-27-14-20(2)8-11-21(27)3/h4-14,22,24,33H,15-18H2,1-3H3/t22-,24+/m0/s1. The summed E-state index contributed by atoms with van der Waals surface area (Å²) in [6, 6.07) is 22.0. The molecule has 0 aliphatic carbocycles. The van der Waals surface area contributed by atoms with Crippen LogP contribution in [0.2, 0.25) is 0 Å². The van der Waals surface area contributed by atoms with Crippen LogP contribution >= 0.6 is 0 Å². The summed E-state index contributed by atoms with van der Waals surface area (Å²) in [5.41, 5.74) is 6.05. The molecular formula is C29H31N3O3. The summed E-state index contributed by atoms with van der Waals surface area (Å²) < 4.78 is 8.02. The minimum Gasteiger partial charge on any atom is -0.491 e. The maximum atomic E-state index is 12.9. The van der Waals surface area contributed by atoms with Crippen LogP contribution in [0.3, 0.4) is 0 Å². The summed E-state index contributed by atoms with van der Waals surface area (Å²) in [5.74, 6) is 1.66. The van der Waals surface area contributed by atoms with Gasteiger partial charge in [-0.05, 0) is 62.2 Å². The highest BCUT2D eigenvalue weighted by atomic mass is 16.5. The van der Waals surface area contributed by atoms with E-state index in [1.165, 1.54) is 0 Å². The summed E-state index contributed by atoms with van der Waals surface area (Å²) in [7, 11) is 0. The first-order valence-corrected chi connectivity index (χ1v) is 12.1. The van der Waals surface area contributed by atoms with Gasteiger partial charge in [-0.3, -0.25) is 4.79 Å². The van der Waals surface area contributed by atoms with E-state index in [1.807, 2.05) is 92.4 Å². The molecular weight excluding hydrogens is 438 g/mol. The van der Waals surface area contributed by atoms with Gasteiger partial charge in [-0.25, -0.2) is 4.98 Å². The maximum absolute atomic E-state index is 12.9. The number of para-hydroxylation sites is 2. The molecule has 1 aliphatic heterocycles. The SMILES string of the molecule is Cc1ccc(N2C[C@@H](c3nc4ccccc4n3C[C@@H](O)COc3cc(C)ccc3C)CC2=O)cc1. The van der Waals surface area contributed by atoms with Gasteiger partial charge in [0, 0.05) is 24.6 Å². The maximum Gasteiger partial charge on any atom is 0.227 e. The highest BCUT2D eigenvalue weighted by molar-refractivity contribution is 5.96. The molecule has 0 unspecified atom stereocenters. The number of benzene rings is 3. The van der Waals surface area contributed by atoms with Crippen LogP contribution in [-0.2, 0) is 11.3 Å². The van der Waals surface area contributed by atoms with E-state index in [0.717, 1.165) is 45.0 Å². The number of aliphatic hydroxyl groups is 1. The Morgan fingerprint density at radius 2 is 1.77 bits per heavy atom. The topological polar surface area (TPSA) is 67.6 Å². The second kappa shape index (κ2) is 9.55. The molecule has 1 aromatic heterocycles. The second-order valence-electron chi connectivity index (χ2n) is 9.54. The van der Waals surface area contributed by atoms with Crippen LogP contribution in [0.4, 0.5) is 5.69 Å². The molecule has 3 aromatic carbocycles. The van der Waals surface area contributed by atoms with Crippen LogP contribution in [0.5, 0.6) is 5.75 Å². The van der Waals surface area contributed by atoms with Gasteiger partial charge in [-0.1, -0.05) is 42.0 Å². The molecule has 1 saturated heterocycles. The quantitative estimate of drug-likeness (QED) is 0.417. The molecule has 0 radical (unpaired) electrons. The number of nitrogens with zero attached hydrogens (tertiary/aromatic N) is 3. The van der Waals surface area contributed by atoms with E-state index >= 15 is 0 Å². The Morgan fingerprint density at radius 1 is 1.03 bits per heavy atom. The average Bonchev–Trinajstić information content (AvgIpc) is 3.41. The number of ether oxygens (including phenoxy) is 1. The van der Waals surface area contributed by atoms with Crippen LogP contribution in [0.25, 0.3) is 11.0 Å². The summed E-state index contributed by atoms with van der Waals surface area (Å²) in [6.45, 7) is 7.15. The van der Waals surface area contributed by atoms with E-state index in [2.05, 4.69) is 4.57 Å². The molecule has 2 atom stereocenters. The molecule has 6 nitrogen and oxygen atoms in total. The largest absolute Gasteiger partial charge is 0.491 e. The van der Waals surface area contributed by atoms with E-state index in [9.17, 15) is 9.90 Å². The molecule has 6 heteroatoms. The van der Waals surface area contributed by atoms with Gasteiger partial charge in [-0.2, -0.15) is 0 Å². The molecule has 5 rings (SSSR count). The Labute approximate surface area is 205 Å². The number of aryl methyl sites for hydroxylation is 3. The summed E-state index contributed by atoms with van der Waals surface area (Å²) >= 11 is 0.